The summed E-state index contributed by atoms with van der Waals surface area (Å²) in [6.07, 6.45) is 5.92. The molecule has 0 aromatic rings. The van der Waals surface area contributed by atoms with Crippen LogP contribution in [0.4, 0.5) is 0 Å². The van der Waals surface area contributed by atoms with Crippen molar-refractivity contribution in [3.63, 3.8) is 0 Å². The van der Waals surface area contributed by atoms with Crippen molar-refractivity contribution in [1.82, 2.24) is 4.90 Å². The fraction of sp³-hybridized carbons (Fsp3) is 1.00. The molecule has 1 saturated heterocycles. The Kier molecular flexibility index (Phi) is 3.60. The highest BCUT2D eigenvalue weighted by Crippen LogP contribution is 2.38. The van der Waals surface area contributed by atoms with Crippen molar-refractivity contribution < 1.29 is 5.11 Å². The van der Waals surface area contributed by atoms with Crippen LogP contribution in [0.1, 0.15) is 52.9 Å². The Bertz CT molecular complexity index is 239. The van der Waals surface area contributed by atoms with E-state index in [1.807, 2.05) is 0 Å². The normalized spacial score (nSPS) is 40.9. The number of piperidine rings is 1. The Labute approximate surface area is 100 Å². The molecular weight excluding hydrogens is 198 g/mol. The van der Waals surface area contributed by atoms with E-state index in [1.54, 1.807) is 0 Å². The molecule has 2 nitrogen and oxygen atoms in total. The summed E-state index contributed by atoms with van der Waals surface area (Å²) in [5.74, 6) is 0.811. The van der Waals surface area contributed by atoms with Gasteiger partial charge in [0.2, 0.25) is 0 Å². The number of aliphatic hydroxyl groups excluding tert-OH is 1. The predicted molar refractivity (Wildman–Crippen MR) is 67.4 cm³/mol. The minimum absolute atomic E-state index is 0.0849. The highest BCUT2D eigenvalue weighted by atomic mass is 16.3. The van der Waals surface area contributed by atoms with E-state index in [1.165, 1.54) is 38.8 Å². The largest absolute Gasteiger partial charge is 0.391 e. The number of nitrogens with zero attached hydrogens (tertiary/aromatic N) is 1. The molecule has 16 heavy (non-hydrogen) atoms. The maximum absolute atomic E-state index is 10.2. The van der Waals surface area contributed by atoms with Gasteiger partial charge in [0.1, 0.15) is 0 Å². The molecule has 0 amide bonds. The summed E-state index contributed by atoms with van der Waals surface area (Å²) in [6.45, 7) is 9.42. The van der Waals surface area contributed by atoms with Gasteiger partial charge in [0.25, 0.3) is 0 Å². The molecule has 94 valence electrons. The lowest BCUT2D eigenvalue weighted by Crippen LogP contribution is -2.52. The van der Waals surface area contributed by atoms with Crippen LogP contribution in [0, 0.1) is 11.3 Å². The Morgan fingerprint density at radius 1 is 1.25 bits per heavy atom. The van der Waals surface area contributed by atoms with Gasteiger partial charge in [0.05, 0.1) is 6.10 Å². The minimum Gasteiger partial charge on any atom is -0.391 e. The molecule has 3 unspecified atom stereocenters. The van der Waals surface area contributed by atoms with Crippen molar-refractivity contribution in [2.45, 2.75) is 65.0 Å². The molecule has 1 aliphatic heterocycles. The number of hydrogen-bond acceptors (Lipinski definition) is 2. The van der Waals surface area contributed by atoms with Crippen LogP contribution in [-0.2, 0) is 0 Å². The molecular formula is C14H27NO. The van der Waals surface area contributed by atoms with Crippen LogP contribution in [0.5, 0.6) is 0 Å². The highest BCUT2D eigenvalue weighted by molar-refractivity contribution is 4.92. The van der Waals surface area contributed by atoms with Gasteiger partial charge in [0.15, 0.2) is 0 Å². The van der Waals surface area contributed by atoms with Crippen molar-refractivity contribution in [1.29, 1.82) is 0 Å². The number of hydrogen-bond donors (Lipinski definition) is 1. The van der Waals surface area contributed by atoms with Crippen molar-refractivity contribution in [3.05, 3.63) is 0 Å². The van der Waals surface area contributed by atoms with Crippen LogP contribution in [0.3, 0.4) is 0 Å². The van der Waals surface area contributed by atoms with Crippen LogP contribution in [0.25, 0.3) is 0 Å². The second-order valence-electron chi connectivity index (χ2n) is 6.78. The van der Waals surface area contributed by atoms with E-state index in [4.69, 9.17) is 0 Å². The molecule has 1 saturated carbocycles. The SMILES string of the molecule is CC1CCCN(C2CC(C)(C)CCC2O)C1. The number of rotatable bonds is 1. The van der Waals surface area contributed by atoms with Gasteiger partial charge in [-0.25, -0.2) is 0 Å². The smallest absolute Gasteiger partial charge is 0.0695 e. The topological polar surface area (TPSA) is 23.5 Å². The van der Waals surface area contributed by atoms with Gasteiger partial charge in [-0.3, -0.25) is 4.90 Å². The fourth-order valence-corrected chi connectivity index (χ4v) is 3.43. The maximum Gasteiger partial charge on any atom is 0.0695 e. The minimum atomic E-state index is -0.0849. The zero-order valence-corrected chi connectivity index (χ0v) is 11.1. The zero-order valence-electron chi connectivity index (χ0n) is 11.1. The number of likely N-dealkylation sites (tertiary alicyclic amines) is 1. The predicted octanol–water partition coefficient (Wildman–Crippen LogP) is 2.66. The maximum atomic E-state index is 10.2. The van der Waals surface area contributed by atoms with Crippen LogP contribution in [-0.4, -0.2) is 35.2 Å². The van der Waals surface area contributed by atoms with E-state index >= 15 is 0 Å². The summed E-state index contributed by atoms with van der Waals surface area (Å²) in [5, 5.41) is 10.2. The third kappa shape index (κ3) is 2.78. The van der Waals surface area contributed by atoms with Gasteiger partial charge in [-0.05, 0) is 50.0 Å². The Hall–Kier alpha value is -0.0800. The van der Waals surface area contributed by atoms with Crippen molar-refractivity contribution >= 4 is 0 Å². The molecule has 1 N–H and O–H groups in total. The van der Waals surface area contributed by atoms with E-state index in [2.05, 4.69) is 25.7 Å². The molecule has 0 spiro atoms. The monoisotopic (exact) mass is 225 g/mol. The first-order valence-corrected chi connectivity index (χ1v) is 6.90. The van der Waals surface area contributed by atoms with Gasteiger partial charge in [-0.2, -0.15) is 0 Å². The van der Waals surface area contributed by atoms with E-state index in [0.717, 1.165) is 12.3 Å². The van der Waals surface area contributed by atoms with Gasteiger partial charge in [-0.1, -0.05) is 20.8 Å². The lowest BCUT2D eigenvalue weighted by molar-refractivity contribution is -0.0305. The molecule has 2 rings (SSSR count). The third-order valence-corrected chi connectivity index (χ3v) is 4.48. The Balaban J connectivity index is 2.00. The molecule has 3 atom stereocenters. The molecule has 2 fully saturated rings. The van der Waals surface area contributed by atoms with E-state index in [9.17, 15) is 5.11 Å². The average molecular weight is 225 g/mol. The second kappa shape index (κ2) is 4.66. The van der Waals surface area contributed by atoms with E-state index in [0.29, 0.717) is 11.5 Å². The molecule has 1 heterocycles. The van der Waals surface area contributed by atoms with Crippen LogP contribution in [0.15, 0.2) is 0 Å². The summed E-state index contributed by atoms with van der Waals surface area (Å²) >= 11 is 0. The van der Waals surface area contributed by atoms with Crippen LogP contribution >= 0.6 is 0 Å². The lowest BCUT2D eigenvalue weighted by Gasteiger charge is -2.46. The highest BCUT2D eigenvalue weighted by Gasteiger charge is 2.38. The van der Waals surface area contributed by atoms with Gasteiger partial charge < -0.3 is 5.11 Å². The Morgan fingerprint density at radius 3 is 2.69 bits per heavy atom. The summed E-state index contributed by atoms with van der Waals surface area (Å²) in [5.41, 5.74) is 0.421. The van der Waals surface area contributed by atoms with E-state index < -0.39 is 0 Å². The molecule has 0 aromatic carbocycles. The van der Waals surface area contributed by atoms with Gasteiger partial charge in [-0.15, -0.1) is 0 Å². The van der Waals surface area contributed by atoms with Gasteiger partial charge in [0, 0.05) is 12.6 Å². The molecule has 2 aliphatic rings. The first kappa shape index (κ1) is 12.4. The van der Waals surface area contributed by atoms with Crippen molar-refractivity contribution in [2.75, 3.05) is 13.1 Å². The van der Waals surface area contributed by atoms with Crippen LogP contribution in [0.2, 0.25) is 0 Å². The molecule has 0 aromatic heterocycles. The van der Waals surface area contributed by atoms with Crippen molar-refractivity contribution in [3.8, 4) is 0 Å². The summed E-state index contributed by atoms with van der Waals surface area (Å²) in [4.78, 5) is 2.56. The lowest BCUT2D eigenvalue weighted by atomic mass is 9.73. The first-order chi connectivity index (χ1) is 7.48. The quantitative estimate of drug-likeness (QED) is 0.741. The first-order valence-electron chi connectivity index (χ1n) is 6.90. The Morgan fingerprint density at radius 2 is 2.00 bits per heavy atom. The van der Waals surface area contributed by atoms with Crippen LogP contribution < -0.4 is 0 Å². The summed E-state index contributed by atoms with van der Waals surface area (Å²) < 4.78 is 0. The van der Waals surface area contributed by atoms with E-state index in [-0.39, 0.29) is 6.10 Å². The summed E-state index contributed by atoms with van der Waals surface area (Å²) in [6, 6.07) is 0.423. The zero-order chi connectivity index (χ0) is 11.8. The molecule has 1 aliphatic carbocycles. The van der Waals surface area contributed by atoms with Gasteiger partial charge >= 0.3 is 0 Å². The second-order valence-corrected chi connectivity index (χ2v) is 6.78. The van der Waals surface area contributed by atoms with Crippen molar-refractivity contribution in [2.24, 2.45) is 11.3 Å². The fourth-order valence-electron chi connectivity index (χ4n) is 3.43. The standard InChI is InChI=1S/C14H27NO/c1-11-5-4-8-15(10-11)12-9-14(2,3)7-6-13(12)16/h11-13,16H,4-10H2,1-3H3. The average Bonchev–Trinajstić information content (AvgIpc) is 2.22. The third-order valence-electron chi connectivity index (χ3n) is 4.48. The molecule has 0 radical (unpaired) electrons. The number of aliphatic hydroxyl groups is 1. The summed E-state index contributed by atoms with van der Waals surface area (Å²) in [7, 11) is 0. The molecule has 2 heteroatoms. The molecule has 0 bridgehead atoms.